The van der Waals surface area contributed by atoms with Gasteiger partial charge in [-0.15, -0.1) is 0 Å². The Hall–Kier alpha value is -2.02. The fourth-order valence-electron chi connectivity index (χ4n) is 3.25. The molecule has 0 saturated carbocycles. The second-order valence-electron chi connectivity index (χ2n) is 5.35. The Labute approximate surface area is 113 Å². The molecule has 0 N–H and O–H groups in total. The van der Waals surface area contributed by atoms with Gasteiger partial charge in [0.15, 0.2) is 0 Å². The van der Waals surface area contributed by atoms with Crippen LogP contribution in [-0.2, 0) is 13.0 Å². The van der Waals surface area contributed by atoms with Gasteiger partial charge in [0.1, 0.15) is 0 Å². The van der Waals surface area contributed by atoms with Gasteiger partial charge in [0, 0.05) is 23.5 Å². The van der Waals surface area contributed by atoms with Crippen molar-refractivity contribution in [3.05, 3.63) is 60.3 Å². The molecule has 0 bridgehead atoms. The Morgan fingerprint density at radius 2 is 1.68 bits per heavy atom. The number of hydrogen-bond acceptors (Lipinski definition) is 0. The lowest BCUT2D eigenvalue weighted by atomic mass is 10.0. The van der Waals surface area contributed by atoms with Gasteiger partial charge < -0.3 is 4.57 Å². The van der Waals surface area contributed by atoms with Crippen molar-refractivity contribution in [2.45, 2.75) is 25.8 Å². The molecule has 0 atom stereocenters. The number of benzene rings is 2. The summed E-state index contributed by atoms with van der Waals surface area (Å²) in [4.78, 5) is 0. The summed E-state index contributed by atoms with van der Waals surface area (Å²) in [5.41, 5.74) is 4.24. The van der Waals surface area contributed by atoms with Crippen LogP contribution in [0.25, 0.3) is 22.0 Å². The van der Waals surface area contributed by atoms with E-state index in [-0.39, 0.29) is 0 Å². The molecule has 1 aliphatic heterocycles. The van der Waals surface area contributed by atoms with Crippen LogP contribution >= 0.6 is 0 Å². The lowest BCUT2D eigenvalue weighted by molar-refractivity contribution is 0.537. The molecule has 0 amide bonds. The first-order valence-electron chi connectivity index (χ1n) is 7.10. The normalized spacial score (nSPS) is 14.5. The van der Waals surface area contributed by atoms with Crippen molar-refractivity contribution in [3.8, 4) is 11.3 Å². The van der Waals surface area contributed by atoms with Crippen LogP contribution in [0.3, 0.4) is 0 Å². The summed E-state index contributed by atoms with van der Waals surface area (Å²) in [6.07, 6.45) is 3.86. The lowest BCUT2D eigenvalue weighted by Crippen LogP contribution is -2.10. The standard InChI is InChI=1S/C18H17N/c1-2-9-16-14(6-1)7-5-10-17(16)18-12-11-15-8-3-4-13-19(15)18/h1-2,5-7,9-12H,3-4,8,13H2. The maximum Gasteiger partial charge on any atom is 0.0488 e. The Morgan fingerprint density at radius 3 is 2.68 bits per heavy atom. The zero-order valence-electron chi connectivity index (χ0n) is 11.0. The molecule has 19 heavy (non-hydrogen) atoms. The van der Waals surface area contributed by atoms with Crippen LogP contribution in [0.1, 0.15) is 18.5 Å². The molecule has 0 radical (unpaired) electrons. The topological polar surface area (TPSA) is 4.93 Å². The molecule has 3 aromatic rings. The summed E-state index contributed by atoms with van der Waals surface area (Å²) in [5.74, 6) is 0. The van der Waals surface area contributed by atoms with Crippen molar-refractivity contribution >= 4 is 10.8 Å². The average molecular weight is 247 g/mol. The first-order chi connectivity index (χ1) is 9.43. The summed E-state index contributed by atoms with van der Waals surface area (Å²) in [6, 6.07) is 19.9. The molecular weight excluding hydrogens is 230 g/mol. The monoisotopic (exact) mass is 247 g/mol. The highest BCUT2D eigenvalue weighted by molar-refractivity contribution is 5.96. The third kappa shape index (κ3) is 1.69. The van der Waals surface area contributed by atoms with Crippen molar-refractivity contribution in [3.63, 3.8) is 0 Å². The minimum Gasteiger partial charge on any atom is -0.345 e. The van der Waals surface area contributed by atoms with E-state index in [1.165, 1.54) is 53.5 Å². The Kier molecular flexibility index (Phi) is 2.44. The van der Waals surface area contributed by atoms with Crippen LogP contribution in [0, 0.1) is 0 Å². The predicted octanol–water partition coefficient (Wildman–Crippen LogP) is 4.64. The zero-order chi connectivity index (χ0) is 12.7. The molecule has 0 saturated heterocycles. The van der Waals surface area contributed by atoms with Gasteiger partial charge in [0.2, 0.25) is 0 Å². The molecule has 0 unspecified atom stereocenters. The van der Waals surface area contributed by atoms with Crippen LogP contribution in [0.2, 0.25) is 0 Å². The largest absolute Gasteiger partial charge is 0.345 e. The minimum atomic E-state index is 1.17. The molecule has 94 valence electrons. The molecule has 1 aliphatic rings. The molecule has 0 fully saturated rings. The van der Waals surface area contributed by atoms with E-state index in [0.29, 0.717) is 0 Å². The second-order valence-corrected chi connectivity index (χ2v) is 5.35. The lowest BCUT2D eigenvalue weighted by Gasteiger charge is -2.19. The molecule has 1 nitrogen and oxygen atoms in total. The Bertz CT molecular complexity index is 731. The Balaban J connectivity index is 1.98. The number of hydrogen-bond donors (Lipinski definition) is 0. The van der Waals surface area contributed by atoms with E-state index >= 15 is 0 Å². The SMILES string of the molecule is c1ccc2c(-c3ccc4n3CCCC4)cccc2c1. The molecule has 2 heterocycles. The highest BCUT2D eigenvalue weighted by Gasteiger charge is 2.14. The van der Waals surface area contributed by atoms with E-state index in [4.69, 9.17) is 0 Å². The van der Waals surface area contributed by atoms with Gasteiger partial charge in [-0.05, 0) is 42.2 Å². The number of nitrogens with zero attached hydrogens (tertiary/aromatic N) is 1. The maximum atomic E-state index is 2.51. The summed E-state index contributed by atoms with van der Waals surface area (Å²) >= 11 is 0. The van der Waals surface area contributed by atoms with E-state index in [0.717, 1.165) is 0 Å². The highest BCUT2D eigenvalue weighted by atomic mass is 15.0. The summed E-state index contributed by atoms with van der Waals surface area (Å²) in [7, 11) is 0. The van der Waals surface area contributed by atoms with Crippen molar-refractivity contribution in [1.29, 1.82) is 0 Å². The maximum absolute atomic E-state index is 2.51. The molecule has 1 aromatic heterocycles. The van der Waals surface area contributed by atoms with Gasteiger partial charge in [-0.3, -0.25) is 0 Å². The van der Waals surface area contributed by atoms with Crippen LogP contribution in [0.15, 0.2) is 54.6 Å². The average Bonchev–Trinajstić information content (AvgIpc) is 2.90. The van der Waals surface area contributed by atoms with E-state index in [1.54, 1.807) is 0 Å². The fraction of sp³-hybridized carbons (Fsp3) is 0.222. The third-order valence-corrected chi connectivity index (χ3v) is 4.20. The van der Waals surface area contributed by atoms with Crippen molar-refractivity contribution < 1.29 is 0 Å². The van der Waals surface area contributed by atoms with E-state index in [2.05, 4.69) is 59.2 Å². The van der Waals surface area contributed by atoms with Crippen molar-refractivity contribution in [2.75, 3.05) is 0 Å². The fourth-order valence-corrected chi connectivity index (χ4v) is 3.25. The first kappa shape index (κ1) is 10.9. The van der Waals surface area contributed by atoms with Gasteiger partial charge in [0.05, 0.1) is 0 Å². The minimum absolute atomic E-state index is 1.17. The first-order valence-corrected chi connectivity index (χ1v) is 7.10. The van der Waals surface area contributed by atoms with Crippen molar-refractivity contribution in [1.82, 2.24) is 4.57 Å². The summed E-state index contributed by atoms with van der Waals surface area (Å²) < 4.78 is 2.51. The molecule has 4 rings (SSSR count). The van der Waals surface area contributed by atoms with E-state index in [1.807, 2.05) is 0 Å². The second kappa shape index (κ2) is 4.27. The molecule has 1 heteroatoms. The zero-order valence-corrected chi connectivity index (χ0v) is 11.0. The van der Waals surface area contributed by atoms with Crippen LogP contribution < -0.4 is 0 Å². The predicted molar refractivity (Wildman–Crippen MR) is 80.3 cm³/mol. The smallest absolute Gasteiger partial charge is 0.0488 e. The Morgan fingerprint density at radius 1 is 0.789 bits per heavy atom. The van der Waals surface area contributed by atoms with Gasteiger partial charge in [-0.1, -0.05) is 42.5 Å². The number of aromatic nitrogens is 1. The summed E-state index contributed by atoms with van der Waals surface area (Å²) in [6.45, 7) is 1.17. The quantitative estimate of drug-likeness (QED) is 0.590. The number of aryl methyl sites for hydroxylation is 1. The highest BCUT2D eigenvalue weighted by Crippen LogP contribution is 2.32. The van der Waals surface area contributed by atoms with E-state index < -0.39 is 0 Å². The van der Waals surface area contributed by atoms with Gasteiger partial charge in [0.25, 0.3) is 0 Å². The van der Waals surface area contributed by atoms with Crippen LogP contribution in [0.4, 0.5) is 0 Å². The third-order valence-electron chi connectivity index (χ3n) is 4.20. The van der Waals surface area contributed by atoms with Crippen LogP contribution in [-0.4, -0.2) is 4.57 Å². The van der Waals surface area contributed by atoms with Crippen molar-refractivity contribution in [2.24, 2.45) is 0 Å². The number of rotatable bonds is 1. The number of fused-ring (bicyclic) bond motifs is 2. The van der Waals surface area contributed by atoms with Gasteiger partial charge in [-0.25, -0.2) is 0 Å². The van der Waals surface area contributed by atoms with Gasteiger partial charge >= 0.3 is 0 Å². The van der Waals surface area contributed by atoms with Gasteiger partial charge in [-0.2, -0.15) is 0 Å². The summed E-state index contributed by atoms with van der Waals surface area (Å²) in [5, 5.41) is 2.68. The molecule has 0 aliphatic carbocycles. The van der Waals surface area contributed by atoms with E-state index in [9.17, 15) is 0 Å². The molecule has 0 spiro atoms. The molecular formula is C18H17N. The van der Waals surface area contributed by atoms with Crippen LogP contribution in [0.5, 0.6) is 0 Å². The molecule has 2 aromatic carbocycles.